The molecule has 0 aromatic heterocycles. The normalized spacial score (nSPS) is 14.4. The molecule has 1 radical (unpaired) electrons. The molecular weight excluding hydrogens is 194 g/mol. The van der Waals surface area contributed by atoms with Gasteiger partial charge in [-0.25, -0.2) is 0 Å². The minimum Gasteiger partial charge on any atom is -0.493 e. The van der Waals surface area contributed by atoms with Gasteiger partial charge in [0.05, 0.1) is 19.9 Å². The Labute approximate surface area is 88.4 Å². The Balaban J connectivity index is 2.34. The molecular formula is C11H12NO3. The van der Waals surface area contributed by atoms with E-state index in [4.69, 9.17) is 14.3 Å². The van der Waals surface area contributed by atoms with E-state index >= 15 is 0 Å². The van der Waals surface area contributed by atoms with E-state index < -0.39 is 0 Å². The molecule has 0 atom stereocenters. The highest BCUT2D eigenvalue weighted by atomic mass is 16.6. The van der Waals surface area contributed by atoms with Crippen LogP contribution in [0.25, 0.3) is 0 Å². The Morgan fingerprint density at radius 1 is 1.20 bits per heavy atom. The topological polar surface area (TPSA) is 40.0 Å². The second kappa shape index (κ2) is 4.21. The van der Waals surface area contributed by atoms with Gasteiger partial charge in [-0.1, -0.05) is 5.16 Å². The quantitative estimate of drug-likeness (QED) is 0.759. The van der Waals surface area contributed by atoms with E-state index in [0.717, 1.165) is 17.7 Å². The number of ether oxygens (including phenoxy) is 2. The summed E-state index contributed by atoms with van der Waals surface area (Å²) in [6.45, 7) is 1.66. The average Bonchev–Trinajstić information content (AvgIpc) is 2.81. The Kier molecular flexibility index (Phi) is 2.76. The molecule has 1 aliphatic rings. The molecule has 1 aliphatic heterocycles. The molecule has 0 spiro atoms. The van der Waals surface area contributed by atoms with Crippen LogP contribution in [0.3, 0.4) is 0 Å². The number of methoxy groups -OCH3 is 2. The van der Waals surface area contributed by atoms with E-state index in [1.54, 1.807) is 20.8 Å². The molecule has 1 aromatic carbocycles. The molecule has 79 valence electrons. The lowest BCUT2D eigenvalue weighted by atomic mass is 10.1. The molecule has 0 unspecified atom stereocenters. The van der Waals surface area contributed by atoms with E-state index in [1.165, 1.54) is 0 Å². The number of hydrogen-bond donors (Lipinski definition) is 0. The van der Waals surface area contributed by atoms with Crippen molar-refractivity contribution < 1.29 is 14.3 Å². The van der Waals surface area contributed by atoms with Crippen LogP contribution in [-0.2, 0) is 4.84 Å². The van der Waals surface area contributed by atoms with Crippen LogP contribution in [0.1, 0.15) is 12.0 Å². The fraction of sp³-hybridized carbons (Fsp3) is 0.273. The fourth-order valence-corrected chi connectivity index (χ4v) is 1.44. The summed E-state index contributed by atoms with van der Waals surface area (Å²) in [6, 6.07) is 5.68. The van der Waals surface area contributed by atoms with Gasteiger partial charge in [-0.05, 0) is 18.2 Å². The first-order valence-corrected chi connectivity index (χ1v) is 4.62. The molecule has 0 saturated carbocycles. The number of rotatable bonds is 3. The zero-order valence-electron chi connectivity index (χ0n) is 8.69. The zero-order chi connectivity index (χ0) is 10.7. The van der Waals surface area contributed by atoms with Gasteiger partial charge in [0.2, 0.25) is 0 Å². The highest BCUT2D eigenvalue weighted by Gasteiger charge is 2.13. The monoisotopic (exact) mass is 206 g/mol. The number of hydrogen-bond acceptors (Lipinski definition) is 4. The number of nitrogens with zero attached hydrogens (tertiary/aromatic N) is 1. The smallest absolute Gasteiger partial charge is 0.172 e. The molecule has 1 aromatic rings. The SMILES string of the molecule is COc1ccc(C2=NO[CH]C2)cc1OC. The summed E-state index contributed by atoms with van der Waals surface area (Å²) in [5, 5.41) is 3.90. The van der Waals surface area contributed by atoms with Gasteiger partial charge in [0.1, 0.15) is 0 Å². The third-order valence-corrected chi connectivity index (χ3v) is 2.23. The van der Waals surface area contributed by atoms with Crippen molar-refractivity contribution >= 4 is 5.71 Å². The summed E-state index contributed by atoms with van der Waals surface area (Å²) in [4.78, 5) is 4.83. The van der Waals surface area contributed by atoms with Gasteiger partial charge < -0.3 is 14.3 Å². The van der Waals surface area contributed by atoms with Crippen LogP contribution in [0.5, 0.6) is 11.5 Å². The van der Waals surface area contributed by atoms with Crippen LogP contribution < -0.4 is 9.47 Å². The summed E-state index contributed by atoms with van der Waals surface area (Å²) < 4.78 is 10.4. The summed E-state index contributed by atoms with van der Waals surface area (Å²) in [5.74, 6) is 1.41. The Morgan fingerprint density at radius 2 is 2.00 bits per heavy atom. The maximum absolute atomic E-state index is 5.21. The van der Waals surface area contributed by atoms with Gasteiger partial charge in [-0.2, -0.15) is 0 Å². The lowest BCUT2D eigenvalue weighted by molar-refractivity contribution is 0.234. The third kappa shape index (κ3) is 1.88. The molecule has 0 saturated heterocycles. The number of benzene rings is 1. The summed E-state index contributed by atoms with van der Waals surface area (Å²) >= 11 is 0. The summed E-state index contributed by atoms with van der Waals surface area (Å²) in [5.41, 5.74) is 1.89. The van der Waals surface area contributed by atoms with Crippen LogP contribution >= 0.6 is 0 Å². The van der Waals surface area contributed by atoms with Crippen molar-refractivity contribution in [2.75, 3.05) is 14.2 Å². The van der Waals surface area contributed by atoms with Crippen molar-refractivity contribution in [3.05, 3.63) is 30.4 Å². The Morgan fingerprint density at radius 3 is 2.60 bits per heavy atom. The van der Waals surface area contributed by atoms with Gasteiger partial charge in [-0.15, -0.1) is 0 Å². The second-order valence-corrected chi connectivity index (χ2v) is 3.08. The van der Waals surface area contributed by atoms with E-state index in [9.17, 15) is 0 Å². The van der Waals surface area contributed by atoms with Crippen LogP contribution in [0.15, 0.2) is 23.4 Å². The molecule has 0 aliphatic carbocycles. The van der Waals surface area contributed by atoms with Gasteiger partial charge in [0.15, 0.2) is 18.1 Å². The van der Waals surface area contributed by atoms with Crippen LogP contribution in [0.4, 0.5) is 0 Å². The van der Waals surface area contributed by atoms with Gasteiger partial charge in [0, 0.05) is 12.0 Å². The molecule has 15 heavy (non-hydrogen) atoms. The van der Waals surface area contributed by atoms with Crippen molar-refractivity contribution in [3.63, 3.8) is 0 Å². The molecule has 0 bridgehead atoms. The van der Waals surface area contributed by atoms with E-state index in [2.05, 4.69) is 5.16 Å². The van der Waals surface area contributed by atoms with Gasteiger partial charge in [-0.3, -0.25) is 0 Å². The van der Waals surface area contributed by atoms with Crippen molar-refractivity contribution in [1.29, 1.82) is 0 Å². The van der Waals surface area contributed by atoms with E-state index in [-0.39, 0.29) is 0 Å². The van der Waals surface area contributed by atoms with Crippen LogP contribution in [0.2, 0.25) is 0 Å². The van der Waals surface area contributed by atoms with Crippen molar-refractivity contribution in [3.8, 4) is 11.5 Å². The molecule has 4 nitrogen and oxygen atoms in total. The van der Waals surface area contributed by atoms with Gasteiger partial charge in [0.25, 0.3) is 0 Å². The molecule has 0 amide bonds. The van der Waals surface area contributed by atoms with E-state index in [1.807, 2.05) is 18.2 Å². The lowest BCUT2D eigenvalue weighted by Gasteiger charge is -2.08. The van der Waals surface area contributed by atoms with Crippen molar-refractivity contribution in [1.82, 2.24) is 0 Å². The van der Waals surface area contributed by atoms with Crippen molar-refractivity contribution in [2.45, 2.75) is 6.42 Å². The standard InChI is InChI=1S/C11H12NO3/c1-13-10-4-3-8(7-11(10)14-2)9-5-6-15-12-9/h3-4,6-7H,5H2,1-2H3. The minimum atomic E-state index is 0.699. The molecule has 2 rings (SSSR count). The Bertz CT molecular complexity index is 387. The predicted octanol–water partition coefficient (Wildman–Crippen LogP) is 1.99. The first kappa shape index (κ1) is 9.83. The molecule has 0 fully saturated rings. The second-order valence-electron chi connectivity index (χ2n) is 3.08. The summed E-state index contributed by atoms with van der Waals surface area (Å²) in [7, 11) is 3.22. The molecule has 0 N–H and O–H groups in total. The first-order valence-electron chi connectivity index (χ1n) is 4.62. The zero-order valence-corrected chi connectivity index (χ0v) is 8.69. The van der Waals surface area contributed by atoms with E-state index in [0.29, 0.717) is 11.5 Å². The highest BCUT2D eigenvalue weighted by molar-refractivity contribution is 6.02. The minimum absolute atomic E-state index is 0.699. The average molecular weight is 206 g/mol. The summed E-state index contributed by atoms with van der Waals surface area (Å²) in [6.07, 6.45) is 0.718. The fourth-order valence-electron chi connectivity index (χ4n) is 1.44. The van der Waals surface area contributed by atoms with Crippen LogP contribution in [0, 0.1) is 6.61 Å². The maximum Gasteiger partial charge on any atom is 0.172 e. The lowest BCUT2D eigenvalue weighted by Crippen LogP contribution is -1.98. The maximum atomic E-state index is 5.21. The largest absolute Gasteiger partial charge is 0.493 e. The van der Waals surface area contributed by atoms with Gasteiger partial charge >= 0.3 is 0 Å². The van der Waals surface area contributed by atoms with Crippen LogP contribution in [-0.4, -0.2) is 19.9 Å². The number of oxime groups is 1. The predicted molar refractivity (Wildman–Crippen MR) is 56.1 cm³/mol. The highest BCUT2D eigenvalue weighted by Crippen LogP contribution is 2.28. The first-order chi connectivity index (χ1) is 7.35. The molecule has 4 heteroatoms. The van der Waals surface area contributed by atoms with Crippen molar-refractivity contribution in [2.24, 2.45) is 5.16 Å². The Hall–Kier alpha value is -1.71. The third-order valence-electron chi connectivity index (χ3n) is 2.23. The molecule has 1 heterocycles.